The highest BCUT2D eigenvalue weighted by atomic mass is 79.9. The lowest BCUT2D eigenvalue weighted by Gasteiger charge is -2.03. The van der Waals surface area contributed by atoms with Crippen LogP contribution in [0.5, 0.6) is 0 Å². The molecule has 0 radical (unpaired) electrons. The van der Waals surface area contributed by atoms with Crippen LogP contribution in [-0.2, 0) is 10.0 Å². The highest BCUT2D eigenvalue weighted by molar-refractivity contribution is 9.10. The monoisotopic (exact) mass is 335 g/mol. The van der Waals surface area contributed by atoms with Gasteiger partial charge in [0, 0.05) is 10.7 Å². The Hall–Kier alpha value is -1.26. The number of nitrogens with one attached hydrogen (secondary N) is 1. The zero-order chi connectivity index (χ0) is 12.5. The molecule has 2 heterocycles. The molecule has 2 aromatic heterocycles. The van der Waals surface area contributed by atoms with Gasteiger partial charge in [0.25, 0.3) is 14.4 Å². The van der Waals surface area contributed by atoms with E-state index in [0.717, 1.165) is 15.8 Å². The summed E-state index contributed by atoms with van der Waals surface area (Å²) in [5.74, 6) is 0.196. The molecule has 0 aromatic carbocycles. The molecule has 0 saturated carbocycles. The highest BCUT2D eigenvalue weighted by Gasteiger charge is 2.19. The van der Waals surface area contributed by atoms with Crippen LogP contribution in [-0.4, -0.2) is 23.6 Å². The molecule has 0 spiro atoms. The lowest BCUT2D eigenvalue weighted by Crippen LogP contribution is -2.13. The van der Waals surface area contributed by atoms with E-state index in [1.165, 1.54) is 12.3 Å². The van der Waals surface area contributed by atoms with Crippen molar-refractivity contribution in [2.75, 3.05) is 10.5 Å². The number of halogens is 1. The van der Waals surface area contributed by atoms with Crippen molar-refractivity contribution in [2.24, 2.45) is 0 Å². The van der Waals surface area contributed by atoms with Gasteiger partial charge < -0.3 is 5.73 Å². The molecule has 7 nitrogen and oxygen atoms in total. The van der Waals surface area contributed by atoms with Crippen molar-refractivity contribution in [3.8, 4) is 0 Å². The molecule has 10 heteroatoms. The van der Waals surface area contributed by atoms with Crippen LogP contribution in [0.15, 0.2) is 27.1 Å². The molecular weight excluding hydrogens is 330 g/mol. The number of hydrogen-bond acceptors (Lipinski definition) is 7. The standard InChI is InChI=1S/C7H6BrN5O2S2/c8-4-1-2-5(10-3-4)13-17(14,15)7-12-11-6(9)16-7/h1-3H,(H2,9,11)(H,10,13). The Labute approximate surface area is 109 Å². The number of rotatable bonds is 3. The number of aromatic nitrogens is 3. The van der Waals surface area contributed by atoms with Crippen molar-refractivity contribution in [3.05, 3.63) is 22.8 Å². The van der Waals surface area contributed by atoms with E-state index < -0.39 is 10.0 Å². The summed E-state index contributed by atoms with van der Waals surface area (Å²) in [6.07, 6.45) is 1.48. The summed E-state index contributed by atoms with van der Waals surface area (Å²) in [6, 6.07) is 3.19. The fourth-order valence-electron chi connectivity index (χ4n) is 0.946. The quantitative estimate of drug-likeness (QED) is 0.868. The predicted octanol–water partition coefficient (Wildman–Crippen LogP) is 1.08. The second-order valence-electron chi connectivity index (χ2n) is 2.87. The third-order valence-corrected chi connectivity index (χ3v) is 4.56. The molecule has 0 aliphatic rings. The third kappa shape index (κ3) is 2.90. The molecule has 0 aliphatic heterocycles. The van der Waals surface area contributed by atoms with Gasteiger partial charge in [0.05, 0.1) is 0 Å². The number of hydrogen-bond donors (Lipinski definition) is 2. The molecule has 2 aromatic rings. The van der Waals surface area contributed by atoms with Gasteiger partial charge in [-0.25, -0.2) is 4.98 Å². The van der Waals surface area contributed by atoms with Crippen LogP contribution >= 0.6 is 27.3 Å². The van der Waals surface area contributed by atoms with Gasteiger partial charge in [0.2, 0.25) is 5.13 Å². The van der Waals surface area contributed by atoms with Gasteiger partial charge in [-0.15, -0.1) is 10.2 Å². The number of nitrogens with zero attached hydrogens (tertiary/aromatic N) is 3. The Morgan fingerprint density at radius 2 is 2.12 bits per heavy atom. The molecule has 90 valence electrons. The van der Waals surface area contributed by atoms with E-state index in [0.29, 0.717) is 0 Å². The van der Waals surface area contributed by atoms with Gasteiger partial charge in [0.1, 0.15) is 5.82 Å². The molecule has 0 unspecified atom stereocenters. The summed E-state index contributed by atoms with van der Waals surface area (Å²) >= 11 is 3.98. The Morgan fingerprint density at radius 3 is 2.65 bits per heavy atom. The summed E-state index contributed by atoms with van der Waals surface area (Å²) < 4.78 is 26.4. The van der Waals surface area contributed by atoms with E-state index in [4.69, 9.17) is 5.73 Å². The molecule has 0 fully saturated rings. The first-order valence-corrected chi connectivity index (χ1v) is 7.30. The smallest absolute Gasteiger partial charge is 0.292 e. The first-order valence-electron chi connectivity index (χ1n) is 4.21. The maximum absolute atomic E-state index is 11.8. The minimum Gasteiger partial charge on any atom is -0.374 e. The largest absolute Gasteiger partial charge is 0.374 e. The SMILES string of the molecule is Nc1nnc(S(=O)(=O)Nc2ccc(Br)cn2)s1. The Balaban J connectivity index is 2.26. The van der Waals surface area contributed by atoms with Gasteiger partial charge in [-0.05, 0) is 28.1 Å². The maximum Gasteiger partial charge on any atom is 0.292 e. The summed E-state index contributed by atoms with van der Waals surface area (Å²) in [5.41, 5.74) is 5.32. The summed E-state index contributed by atoms with van der Waals surface area (Å²) in [4.78, 5) is 3.88. The topological polar surface area (TPSA) is 111 Å². The second-order valence-corrected chi connectivity index (χ2v) is 6.65. The molecule has 2 rings (SSSR count). The van der Waals surface area contributed by atoms with Crippen LogP contribution in [0.4, 0.5) is 10.9 Å². The van der Waals surface area contributed by atoms with Crippen LogP contribution in [0.3, 0.4) is 0 Å². The molecule has 0 aliphatic carbocycles. The zero-order valence-corrected chi connectivity index (χ0v) is 11.4. The van der Waals surface area contributed by atoms with E-state index in [1.54, 1.807) is 6.07 Å². The van der Waals surface area contributed by atoms with E-state index in [1.807, 2.05) is 0 Å². The molecule has 0 atom stereocenters. The van der Waals surface area contributed by atoms with E-state index >= 15 is 0 Å². The van der Waals surface area contributed by atoms with Gasteiger partial charge in [-0.1, -0.05) is 11.3 Å². The van der Waals surface area contributed by atoms with Gasteiger partial charge in [-0.2, -0.15) is 8.42 Å². The first kappa shape index (κ1) is 12.2. The van der Waals surface area contributed by atoms with E-state index in [-0.39, 0.29) is 15.3 Å². The van der Waals surface area contributed by atoms with Crippen molar-refractivity contribution in [1.82, 2.24) is 15.2 Å². The average Bonchev–Trinajstić information content (AvgIpc) is 2.69. The summed E-state index contributed by atoms with van der Waals surface area (Å²) in [6.45, 7) is 0. The minimum atomic E-state index is -3.77. The van der Waals surface area contributed by atoms with Crippen molar-refractivity contribution >= 4 is 48.2 Å². The van der Waals surface area contributed by atoms with Crippen molar-refractivity contribution < 1.29 is 8.42 Å². The van der Waals surface area contributed by atoms with Gasteiger partial charge >= 0.3 is 0 Å². The molecule has 3 N–H and O–H groups in total. The molecule has 0 amide bonds. The number of nitrogens with two attached hydrogens (primary N) is 1. The minimum absolute atomic E-state index is 0.0918. The number of nitrogen functional groups attached to an aromatic ring is 1. The van der Waals surface area contributed by atoms with Crippen LogP contribution < -0.4 is 10.5 Å². The Bertz CT molecular complexity index is 624. The lowest BCUT2D eigenvalue weighted by atomic mass is 10.5. The van der Waals surface area contributed by atoms with E-state index in [2.05, 4.69) is 35.8 Å². The first-order chi connectivity index (χ1) is 7.97. The van der Waals surface area contributed by atoms with Crippen molar-refractivity contribution in [2.45, 2.75) is 4.34 Å². The fraction of sp³-hybridized carbons (Fsp3) is 0. The van der Waals surface area contributed by atoms with Crippen LogP contribution in [0.1, 0.15) is 0 Å². The summed E-state index contributed by atoms with van der Waals surface area (Å²) in [5, 5.41) is 6.99. The Kier molecular flexibility index (Phi) is 3.26. The zero-order valence-electron chi connectivity index (χ0n) is 8.16. The fourth-order valence-corrected chi connectivity index (χ4v) is 2.97. The highest BCUT2D eigenvalue weighted by Crippen LogP contribution is 2.20. The van der Waals surface area contributed by atoms with Crippen molar-refractivity contribution in [1.29, 1.82) is 0 Å². The molecule has 0 saturated heterocycles. The third-order valence-electron chi connectivity index (χ3n) is 1.62. The number of anilines is 2. The number of pyridine rings is 1. The van der Waals surface area contributed by atoms with E-state index in [9.17, 15) is 8.42 Å². The predicted molar refractivity (Wildman–Crippen MR) is 67.1 cm³/mol. The average molecular weight is 336 g/mol. The van der Waals surface area contributed by atoms with Crippen LogP contribution in [0.25, 0.3) is 0 Å². The lowest BCUT2D eigenvalue weighted by molar-refractivity contribution is 0.599. The molecule has 17 heavy (non-hydrogen) atoms. The molecular formula is C7H6BrN5O2S2. The number of sulfonamides is 1. The van der Waals surface area contributed by atoms with Crippen molar-refractivity contribution in [3.63, 3.8) is 0 Å². The Morgan fingerprint density at radius 1 is 1.35 bits per heavy atom. The van der Waals surface area contributed by atoms with Gasteiger partial charge in [0.15, 0.2) is 0 Å². The van der Waals surface area contributed by atoms with Crippen LogP contribution in [0.2, 0.25) is 0 Å². The van der Waals surface area contributed by atoms with Crippen LogP contribution in [0, 0.1) is 0 Å². The maximum atomic E-state index is 11.8. The second kappa shape index (κ2) is 4.55. The van der Waals surface area contributed by atoms with Gasteiger partial charge in [-0.3, -0.25) is 4.72 Å². The summed E-state index contributed by atoms with van der Waals surface area (Å²) in [7, 11) is -3.77. The normalized spacial score (nSPS) is 11.4. The molecule has 0 bridgehead atoms.